The Morgan fingerprint density at radius 2 is 2.10 bits per heavy atom. The second-order valence-corrected chi connectivity index (χ2v) is 4.49. The fraction of sp³-hybridized carbons (Fsp3) is 0.357. The molecule has 7 heteroatoms. The van der Waals surface area contributed by atoms with Crippen molar-refractivity contribution in [2.45, 2.75) is 20.4 Å². The van der Waals surface area contributed by atoms with Crippen molar-refractivity contribution in [3.05, 3.63) is 46.3 Å². The molecule has 7 nitrogen and oxygen atoms in total. The SMILES string of the molecule is CCN(CC)c1cnn(Cc2cc(C(=O)O)co2)c(=O)c1. The van der Waals surface area contributed by atoms with Crippen molar-refractivity contribution in [2.75, 3.05) is 18.0 Å². The largest absolute Gasteiger partial charge is 0.478 e. The predicted molar refractivity (Wildman–Crippen MR) is 76.8 cm³/mol. The summed E-state index contributed by atoms with van der Waals surface area (Å²) in [6, 6.07) is 2.90. The van der Waals surface area contributed by atoms with Crippen molar-refractivity contribution in [3.8, 4) is 0 Å². The lowest BCUT2D eigenvalue weighted by molar-refractivity contribution is 0.0696. The topological polar surface area (TPSA) is 88.6 Å². The molecule has 21 heavy (non-hydrogen) atoms. The van der Waals surface area contributed by atoms with Crippen LogP contribution in [0.2, 0.25) is 0 Å². The minimum Gasteiger partial charge on any atom is -0.478 e. The van der Waals surface area contributed by atoms with Crippen LogP contribution in [0.1, 0.15) is 30.0 Å². The minimum absolute atomic E-state index is 0.0535. The number of carboxylic acid groups (broad SMARTS) is 1. The van der Waals surface area contributed by atoms with Gasteiger partial charge < -0.3 is 14.4 Å². The third-order valence-corrected chi connectivity index (χ3v) is 3.19. The quantitative estimate of drug-likeness (QED) is 0.866. The second kappa shape index (κ2) is 6.25. The first-order valence-corrected chi connectivity index (χ1v) is 6.68. The van der Waals surface area contributed by atoms with Crippen molar-refractivity contribution >= 4 is 11.7 Å². The van der Waals surface area contributed by atoms with E-state index in [1.165, 1.54) is 16.8 Å². The molecule has 0 bridgehead atoms. The number of carbonyl (C=O) groups is 1. The molecular formula is C14H17N3O4. The van der Waals surface area contributed by atoms with E-state index < -0.39 is 5.97 Å². The Morgan fingerprint density at radius 3 is 2.62 bits per heavy atom. The number of nitrogens with zero attached hydrogens (tertiary/aromatic N) is 3. The molecule has 0 aliphatic rings. The lowest BCUT2D eigenvalue weighted by Gasteiger charge is -2.20. The molecule has 2 aromatic rings. The van der Waals surface area contributed by atoms with Crippen LogP contribution in [0.25, 0.3) is 0 Å². The van der Waals surface area contributed by atoms with Crippen LogP contribution in [-0.2, 0) is 6.54 Å². The molecule has 2 rings (SSSR count). The molecule has 0 aromatic carbocycles. The molecule has 0 aliphatic carbocycles. The highest BCUT2D eigenvalue weighted by Gasteiger charge is 2.11. The number of aromatic carboxylic acids is 1. The van der Waals surface area contributed by atoms with E-state index >= 15 is 0 Å². The summed E-state index contributed by atoms with van der Waals surface area (Å²) in [5.41, 5.74) is 0.567. The molecule has 0 saturated heterocycles. The van der Waals surface area contributed by atoms with Crippen LogP contribution in [-0.4, -0.2) is 33.9 Å². The number of carboxylic acids is 1. The molecule has 0 unspecified atom stereocenters. The van der Waals surface area contributed by atoms with E-state index in [-0.39, 0.29) is 17.7 Å². The van der Waals surface area contributed by atoms with E-state index in [1.54, 1.807) is 6.20 Å². The highest BCUT2D eigenvalue weighted by Crippen LogP contribution is 2.11. The highest BCUT2D eigenvalue weighted by molar-refractivity contribution is 5.87. The summed E-state index contributed by atoms with van der Waals surface area (Å²) in [6.07, 6.45) is 2.77. The van der Waals surface area contributed by atoms with Crippen LogP contribution in [0, 0.1) is 0 Å². The van der Waals surface area contributed by atoms with Crippen LogP contribution in [0.15, 0.2) is 33.8 Å². The molecule has 2 heterocycles. The van der Waals surface area contributed by atoms with Crippen molar-refractivity contribution in [2.24, 2.45) is 0 Å². The van der Waals surface area contributed by atoms with Gasteiger partial charge in [0.2, 0.25) is 0 Å². The van der Waals surface area contributed by atoms with Gasteiger partial charge in [-0.2, -0.15) is 5.10 Å². The van der Waals surface area contributed by atoms with Gasteiger partial charge in [-0.1, -0.05) is 0 Å². The Hall–Kier alpha value is -2.57. The summed E-state index contributed by atoms with van der Waals surface area (Å²) in [5.74, 6) is -0.695. The van der Waals surface area contributed by atoms with Gasteiger partial charge in [0.05, 0.1) is 17.4 Å². The third kappa shape index (κ3) is 3.31. The van der Waals surface area contributed by atoms with Gasteiger partial charge in [0.25, 0.3) is 5.56 Å². The summed E-state index contributed by atoms with van der Waals surface area (Å²) in [7, 11) is 0. The van der Waals surface area contributed by atoms with Crippen LogP contribution >= 0.6 is 0 Å². The van der Waals surface area contributed by atoms with Crippen LogP contribution in [0.3, 0.4) is 0 Å². The number of aromatic nitrogens is 2. The molecule has 0 atom stereocenters. The maximum absolute atomic E-state index is 12.0. The molecule has 0 saturated carbocycles. The zero-order valence-electron chi connectivity index (χ0n) is 11.9. The Bertz CT molecular complexity index is 686. The maximum atomic E-state index is 12.0. The average Bonchev–Trinajstić information content (AvgIpc) is 2.92. The van der Waals surface area contributed by atoms with Gasteiger partial charge in [0, 0.05) is 19.2 Å². The van der Waals surface area contributed by atoms with Crippen LogP contribution in [0.5, 0.6) is 0 Å². The standard InChI is InChI=1S/C14H17N3O4/c1-3-16(4-2)11-6-13(18)17(15-7-11)8-12-5-10(9-21-12)14(19)20/h5-7,9H,3-4,8H2,1-2H3,(H,19,20). The maximum Gasteiger partial charge on any atom is 0.338 e. The van der Waals surface area contributed by atoms with Gasteiger partial charge in [-0.25, -0.2) is 9.48 Å². The summed E-state index contributed by atoms with van der Waals surface area (Å²) in [6.45, 7) is 5.70. The molecule has 2 aromatic heterocycles. The normalized spacial score (nSPS) is 10.6. The minimum atomic E-state index is -1.07. The van der Waals surface area contributed by atoms with Crippen LogP contribution < -0.4 is 10.5 Å². The van der Waals surface area contributed by atoms with Gasteiger partial charge in [0.15, 0.2) is 0 Å². The van der Waals surface area contributed by atoms with Gasteiger partial charge >= 0.3 is 5.97 Å². The molecular weight excluding hydrogens is 274 g/mol. The molecule has 1 N–H and O–H groups in total. The Labute approximate surface area is 121 Å². The Kier molecular flexibility index (Phi) is 4.42. The zero-order valence-corrected chi connectivity index (χ0v) is 11.9. The summed E-state index contributed by atoms with van der Waals surface area (Å²) >= 11 is 0. The molecule has 0 aliphatic heterocycles. The zero-order chi connectivity index (χ0) is 15.4. The number of furan rings is 1. The number of rotatable bonds is 6. The van der Waals surface area contributed by atoms with E-state index in [9.17, 15) is 9.59 Å². The number of anilines is 1. The summed E-state index contributed by atoms with van der Waals surface area (Å²) in [4.78, 5) is 24.8. The lowest BCUT2D eigenvalue weighted by atomic mass is 10.3. The van der Waals surface area contributed by atoms with E-state index in [2.05, 4.69) is 5.10 Å². The van der Waals surface area contributed by atoms with E-state index in [0.717, 1.165) is 25.0 Å². The van der Waals surface area contributed by atoms with Gasteiger partial charge in [-0.15, -0.1) is 0 Å². The lowest BCUT2D eigenvalue weighted by Crippen LogP contribution is -2.28. The van der Waals surface area contributed by atoms with Crippen molar-refractivity contribution < 1.29 is 14.3 Å². The number of hydrogen-bond acceptors (Lipinski definition) is 5. The Balaban J connectivity index is 2.21. The van der Waals surface area contributed by atoms with E-state index in [1.807, 2.05) is 18.7 Å². The van der Waals surface area contributed by atoms with Gasteiger partial charge in [0.1, 0.15) is 18.6 Å². The van der Waals surface area contributed by atoms with Crippen molar-refractivity contribution in [1.82, 2.24) is 9.78 Å². The summed E-state index contributed by atoms with van der Waals surface area (Å²) < 4.78 is 6.35. The van der Waals surface area contributed by atoms with Crippen molar-refractivity contribution in [1.29, 1.82) is 0 Å². The second-order valence-electron chi connectivity index (χ2n) is 4.49. The number of hydrogen-bond donors (Lipinski definition) is 1. The van der Waals surface area contributed by atoms with Gasteiger partial charge in [-0.05, 0) is 19.9 Å². The van der Waals surface area contributed by atoms with E-state index in [4.69, 9.17) is 9.52 Å². The first kappa shape index (κ1) is 14.8. The first-order chi connectivity index (χ1) is 10.0. The fourth-order valence-electron chi connectivity index (χ4n) is 2.03. The smallest absolute Gasteiger partial charge is 0.338 e. The predicted octanol–water partition coefficient (Wildman–Crippen LogP) is 1.43. The summed E-state index contributed by atoms with van der Waals surface area (Å²) in [5, 5.41) is 12.9. The highest BCUT2D eigenvalue weighted by atomic mass is 16.4. The van der Waals surface area contributed by atoms with Crippen LogP contribution in [0.4, 0.5) is 5.69 Å². The first-order valence-electron chi connectivity index (χ1n) is 6.68. The molecule has 0 amide bonds. The Morgan fingerprint density at radius 1 is 1.38 bits per heavy atom. The van der Waals surface area contributed by atoms with E-state index in [0.29, 0.717) is 5.76 Å². The molecule has 0 spiro atoms. The average molecular weight is 291 g/mol. The molecule has 112 valence electrons. The van der Waals surface area contributed by atoms with Crippen molar-refractivity contribution in [3.63, 3.8) is 0 Å². The third-order valence-electron chi connectivity index (χ3n) is 3.19. The molecule has 0 fully saturated rings. The fourth-order valence-corrected chi connectivity index (χ4v) is 2.03. The van der Waals surface area contributed by atoms with Gasteiger partial charge in [-0.3, -0.25) is 4.79 Å². The monoisotopic (exact) mass is 291 g/mol. The molecule has 0 radical (unpaired) electrons.